The van der Waals surface area contributed by atoms with Gasteiger partial charge < -0.3 is 0 Å². The number of hydrogen-bond acceptors (Lipinski definition) is 1. The topological polar surface area (TPSA) is 29.4 Å². The van der Waals surface area contributed by atoms with Gasteiger partial charge in [-0.15, -0.1) is 0 Å². The van der Waals surface area contributed by atoms with Crippen LogP contribution in [0.15, 0.2) is 17.6 Å². The lowest BCUT2D eigenvalue weighted by atomic mass is 10.7. The summed E-state index contributed by atoms with van der Waals surface area (Å²) < 4.78 is 0. The van der Waals surface area contributed by atoms with E-state index in [2.05, 4.69) is 11.6 Å². The lowest BCUT2D eigenvalue weighted by Gasteiger charge is -1.58. The molecule has 0 aliphatic heterocycles. The molecule has 0 aromatic heterocycles. The normalized spacial score (nSPS) is 8.67. The summed E-state index contributed by atoms with van der Waals surface area (Å²) in [5, 5.41) is 0. The minimum atomic E-state index is 0.460. The van der Waals surface area contributed by atoms with Crippen molar-refractivity contribution in [3.8, 4) is 0 Å². The lowest BCUT2D eigenvalue weighted by molar-refractivity contribution is -0.106. The van der Waals surface area contributed by atoms with E-state index < -0.39 is 0 Å². The highest BCUT2D eigenvalue weighted by Gasteiger charge is 1.51. The molecule has 0 atom stereocenters. The van der Waals surface area contributed by atoms with Crippen LogP contribution in [0.4, 0.5) is 0 Å². The highest BCUT2D eigenvalue weighted by atomic mass is 16.1. The lowest BCUT2D eigenvalue weighted by Crippen LogP contribution is -1.60. The van der Waals surface area contributed by atoms with Crippen molar-refractivity contribution in [1.29, 1.82) is 0 Å². The summed E-state index contributed by atoms with van der Waals surface area (Å²) in [7, 11) is 0. The molecule has 0 spiro atoms. The van der Waals surface area contributed by atoms with E-state index >= 15 is 0 Å². The zero-order valence-corrected chi connectivity index (χ0v) is 3.29. The number of carbonyl (C=O) groups is 1. The van der Waals surface area contributed by atoms with E-state index in [-0.39, 0.29) is 0 Å². The minimum Gasteiger partial charge on any atom is -0.276 e. The molecule has 0 rings (SSSR count). The van der Waals surface area contributed by atoms with Crippen molar-refractivity contribution >= 4 is 12.6 Å². The highest BCUT2D eigenvalue weighted by molar-refractivity contribution is 5.77. The van der Waals surface area contributed by atoms with E-state index in [1.165, 1.54) is 12.3 Å². The highest BCUT2D eigenvalue weighted by Crippen LogP contribution is 1.51. The Labute approximate surface area is 36.2 Å². The molecule has 2 heteroatoms. The Morgan fingerprint density at radius 1 is 1.67 bits per heavy atom. The van der Waals surface area contributed by atoms with E-state index in [0.717, 1.165) is 0 Å². The predicted molar refractivity (Wildman–Crippen MR) is 24.8 cm³/mol. The number of allylic oxidation sites excluding steroid dienone is 1. The molecule has 0 radical (unpaired) electrons. The Hall–Kier alpha value is -0.920. The standard InChI is InChI=1S/C4H5NO/c1-2-3-5-4-6/h2-4H,1H2. The summed E-state index contributed by atoms with van der Waals surface area (Å²) in [6, 6.07) is 0. The molecule has 0 saturated carbocycles. The van der Waals surface area contributed by atoms with Crippen molar-refractivity contribution < 1.29 is 4.79 Å². The number of rotatable bonds is 2. The molecule has 32 valence electrons. The van der Waals surface area contributed by atoms with Crippen LogP contribution in [-0.4, -0.2) is 12.6 Å². The van der Waals surface area contributed by atoms with Crippen LogP contribution in [-0.2, 0) is 4.79 Å². The quantitative estimate of drug-likeness (QED) is 0.351. The monoisotopic (exact) mass is 83.0 g/mol. The van der Waals surface area contributed by atoms with Gasteiger partial charge in [0, 0.05) is 6.21 Å². The number of aliphatic imine (C=N–C) groups is 1. The summed E-state index contributed by atoms with van der Waals surface area (Å²) in [6.07, 6.45) is 3.23. The van der Waals surface area contributed by atoms with Gasteiger partial charge in [-0.1, -0.05) is 12.7 Å². The first-order valence-corrected chi connectivity index (χ1v) is 1.49. The molecule has 0 saturated heterocycles. The van der Waals surface area contributed by atoms with Gasteiger partial charge in [-0.25, -0.2) is 4.99 Å². The fourth-order valence-electron chi connectivity index (χ4n) is 0.0960. The Morgan fingerprint density at radius 3 is 2.50 bits per heavy atom. The van der Waals surface area contributed by atoms with Crippen LogP contribution in [0.25, 0.3) is 0 Å². The number of hydrogen-bond donors (Lipinski definition) is 0. The molecular formula is C4H5NO. The maximum Gasteiger partial charge on any atom is 0.232 e. The van der Waals surface area contributed by atoms with Gasteiger partial charge in [0.15, 0.2) is 0 Å². The van der Waals surface area contributed by atoms with Crippen LogP contribution < -0.4 is 0 Å². The van der Waals surface area contributed by atoms with Gasteiger partial charge in [0.05, 0.1) is 0 Å². The second kappa shape index (κ2) is 4.08. The van der Waals surface area contributed by atoms with E-state index in [4.69, 9.17) is 0 Å². The Morgan fingerprint density at radius 2 is 2.33 bits per heavy atom. The molecule has 0 aromatic rings. The van der Waals surface area contributed by atoms with Crippen molar-refractivity contribution in [2.24, 2.45) is 4.99 Å². The molecule has 6 heavy (non-hydrogen) atoms. The first kappa shape index (κ1) is 5.08. The third-order valence-electron chi connectivity index (χ3n) is 0.252. The maximum atomic E-state index is 9.32. The minimum absolute atomic E-state index is 0.460. The van der Waals surface area contributed by atoms with E-state index in [1.807, 2.05) is 0 Å². The predicted octanol–water partition coefficient (Wildman–Crippen LogP) is 0.400. The molecule has 0 aliphatic rings. The Bertz CT molecular complexity index is 65.6. The Balaban J connectivity index is 3.17. The molecule has 0 fully saturated rings. The molecule has 1 amide bonds. The third kappa shape index (κ3) is 3.08. The largest absolute Gasteiger partial charge is 0.276 e. The van der Waals surface area contributed by atoms with Gasteiger partial charge in [0.1, 0.15) is 0 Å². The molecule has 0 unspecified atom stereocenters. The fourth-order valence-corrected chi connectivity index (χ4v) is 0.0960. The average Bonchev–Trinajstić information content (AvgIpc) is 1.61. The summed E-state index contributed by atoms with van der Waals surface area (Å²) in [5.74, 6) is 0. The molecule has 0 N–H and O–H groups in total. The molecule has 0 aromatic carbocycles. The summed E-state index contributed by atoms with van der Waals surface area (Å²) >= 11 is 0. The van der Waals surface area contributed by atoms with Gasteiger partial charge in [-0.2, -0.15) is 0 Å². The van der Waals surface area contributed by atoms with Crippen molar-refractivity contribution in [3.05, 3.63) is 12.7 Å². The van der Waals surface area contributed by atoms with Gasteiger partial charge in [0.25, 0.3) is 0 Å². The zero-order chi connectivity index (χ0) is 4.83. The van der Waals surface area contributed by atoms with Crippen LogP contribution in [0, 0.1) is 0 Å². The van der Waals surface area contributed by atoms with Crippen molar-refractivity contribution in [2.75, 3.05) is 0 Å². The fraction of sp³-hybridized carbons (Fsp3) is 0. The summed E-state index contributed by atoms with van der Waals surface area (Å²) in [5.41, 5.74) is 0. The molecule has 0 aliphatic carbocycles. The van der Waals surface area contributed by atoms with Crippen LogP contribution >= 0.6 is 0 Å². The van der Waals surface area contributed by atoms with Crippen LogP contribution in [0.3, 0.4) is 0 Å². The van der Waals surface area contributed by atoms with Crippen molar-refractivity contribution in [3.63, 3.8) is 0 Å². The second-order valence-electron chi connectivity index (χ2n) is 0.639. The SMILES string of the molecule is C=CC=NC=O. The van der Waals surface area contributed by atoms with Gasteiger partial charge in [0.2, 0.25) is 6.41 Å². The second-order valence-corrected chi connectivity index (χ2v) is 0.639. The molecule has 0 heterocycles. The van der Waals surface area contributed by atoms with Crippen LogP contribution in [0.5, 0.6) is 0 Å². The zero-order valence-electron chi connectivity index (χ0n) is 3.29. The molecule has 2 nitrogen and oxygen atoms in total. The first-order chi connectivity index (χ1) is 2.91. The van der Waals surface area contributed by atoms with Crippen molar-refractivity contribution in [1.82, 2.24) is 0 Å². The first-order valence-electron chi connectivity index (χ1n) is 1.49. The smallest absolute Gasteiger partial charge is 0.232 e. The summed E-state index contributed by atoms with van der Waals surface area (Å²) in [4.78, 5) is 12.5. The van der Waals surface area contributed by atoms with Crippen LogP contribution in [0.1, 0.15) is 0 Å². The van der Waals surface area contributed by atoms with Gasteiger partial charge >= 0.3 is 0 Å². The molecular weight excluding hydrogens is 78.0 g/mol. The number of amides is 1. The third-order valence-corrected chi connectivity index (χ3v) is 0.252. The average molecular weight is 83.1 g/mol. The number of nitrogens with zero attached hydrogens (tertiary/aromatic N) is 1. The van der Waals surface area contributed by atoms with Gasteiger partial charge in [-0.05, 0) is 0 Å². The molecule has 0 bridgehead atoms. The van der Waals surface area contributed by atoms with E-state index in [9.17, 15) is 4.79 Å². The Kier molecular flexibility index (Phi) is 3.45. The summed E-state index contributed by atoms with van der Waals surface area (Å²) in [6.45, 7) is 3.29. The maximum absolute atomic E-state index is 9.32. The van der Waals surface area contributed by atoms with Gasteiger partial charge in [-0.3, -0.25) is 4.79 Å². The van der Waals surface area contributed by atoms with E-state index in [1.54, 1.807) is 0 Å². The van der Waals surface area contributed by atoms with Crippen LogP contribution in [0.2, 0.25) is 0 Å². The van der Waals surface area contributed by atoms with E-state index in [0.29, 0.717) is 6.41 Å². The number of carbonyl (C=O) groups excluding carboxylic acids is 1. The van der Waals surface area contributed by atoms with Crippen molar-refractivity contribution in [2.45, 2.75) is 0 Å².